The molecule has 5 nitrogen and oxygen atoms in total. The fraction of sp³-hybridized carbons (Fsp3) is 0.750. The minimum absolute atomic E-state index is 0.312. The van der Waals surface area contributed by atoms with E-state index < -0.39 is 23.5 Å². The van der Waals surface area contributed by atoms with Crippen molar-refractivity contribution in [1.29, 1.82) is 0 Å². The van der Waals surface area contributed by atoms with Crippen molar-refractivity contribution in [3.8, 4) is 0 Å². The zero-order valence-electron chi connectivity index (χ0n) is 7.32. The molecule has 2 N–H and O–H groups in total. The Morgan fingerprint density at radius 2 is 2.08 bits per heavy atom. The first kappa shape index (κ1) is 9.98. The third-order valence-electron chi connectivity index (χ3n) is 2.43. The van der Waals surface area contributed by atoms with E-state index in [2.05, 4.69) is 0 Å². The molecule has 2 atom stereocenters. The number of hydrogen-bond donors (Lipinski definition) is 2. The molecule has 0 aromatic rings. The molecule has 74 valence electrons. The number of ether oxygens (including phenoxy) is 1. The molecular weight excluding hydrogens is 176 g/mol. The fourth-order valence-corrected chi connectivity index (χ4v) is 1.52. The maximum atomic E-state index is 10.8. The standard InChI is InChI=1S/C8H12O5/c1-8(7(11)12)5(6(9)10)3-2-4-13-8/h5H,2-4H2,1H3,(H,9,10)(H,11,12). The second kappa shape index (κ2) is 3.33. The maximum Gasteiger partial charge on any atom is 0.336 e. The number of hydrogen-bond acceptors (Lipinski definition) is 3. The quantitative estimate of drug-likeness (QED) is 0.652. The molecule has 1 rings (SSSR count). The first-order valence-electron chi connectivity index (χ1n) is 4.08. The lowest BCUT2D eigenvalue weighted by Crippen LogP contribution is -2.51. The largest absolute Gasteiger partial charge is 0.481 e. The van der Waals surface area contributed by atoms with Crippen molar-refractivity contribution < 1.29 is 24.5 Å². The average Bonchev–Trinajstić information content (AvgIpc) is 2.04. The van der Waals surface area contributed by atoms with E-state index in [0.29, 0.717) is 19.4 Å². The zero-order chi connectivity index (χ0) is 10.1. The first-order valence-corrected chi connectivity index (χ1v) is 4.08. The molecular formula is C8H12O5. The lowest BCUT2D eigenvalue weighted by molar-refractivity contribution is -0.188. The van der Waals surface area contributed by atoms with Crippen LogP contribution in [0.2, 0.25) is 0 Å². The average molecular weight is 188 g/mol. The van der Waals surface area contributed by atoms with Gasteiger partial charge < -0.3 is 14.9 Å². The minimum atomic E-state index is -1.57. The van der Waals surface area contributed by atoms with Crippen LogP contribution in [0.25, 0.3) is 0 Å². The van der Waals surface area contributed by atoms with Gasteiger partial charge in [0.25, 0.3) is 0 Å². The predicted octanol–water partition coefficient (Wildman–Crippen LogP) is 0.341. The summed E-state index contributed by atoms with van der Waals surface area (Å²) in [6.07, 6.45) is 0.956. The van der Waals surface area contributed by atoms with E-state index in [1.54, 1.807) is 0 Å². The molecule has 0 aromatic heterocycles. The van der Waals surface area contributed by atoms with Crippen LogP contribution in [-0.4, -0.2) is 34.4 Å². The van der Waals surface area contributed by atoms with E-state index in [9.17, 15) is 9.59 Å². The predicted molar refractivity (Wildman–Crippen MR) is 42.4 cm³/mol. The van der Waals surface area contributed by atoms with E-state index in [1.807, 2.05) is 0 Å². The summed E-state index contributed by atoms with van der Waals surface area (Å²) in [6, 6.07) is 0. The van der Waals surface area contributed by atoms with Crippen LogP contribution in [-0.2, 0) is 14.3 Å². The Labute approximate surface area is 75.3 Å². The summed E-state index contributed by atoms with van der Waals surface area (Å²) in [5, 5.41) is 17.6. The minimum Gasteiger partial charge on any atom is -0.481 e. The van der Waals surface area contributed by atoms with Gasteiger partial charge in [-0.15, -0.1) is 0 Å². The molecule has 0 bridgehead atoms. The molecule has 2 unspecified atom stereocenters. The number of carboxylic acid groups (broad SMARTS) is 2. The summed E-state index contributed by atoms with van der Waals surface area (Å²) in [6.45, 7) is 1.62. The van der Waals surface area contributed by atoms with Crippen LogP contribution in [0.4, 0.5) is 0 Å². The van der Waals surface area contributed by atoms with Gasteiger partial charge in [0.1, 0.15) is 0 Å². The van der Waals surface area contributed by atoms with Crippen LogP contribution >= 0.6 is 0 Å². The Hall–Kier alpha value is -1.10. The second-order valence-electron chi connectivity index (χ2n) is 3.29. The Morgan fingerprint density at radius 1 is 1.46 bits per heavy atom. The summed E-state index contributed by atoms with van der Waals surface area (Å²) in [4.78, 5) is 21.5. The molecule has 0 aliphatic carbocycles. The maximum absolute atomic E-state index is 10.8. The number of carboxylic acids is 2. The number of rotatable bonds is 2. The molecule has 13 heavy (non-hydrogen) atoms. The monoisotopic (exact) mass is 188 g/mol. The molecule has 1 saturated heterocycles. The van der Waals surface area contributed by atoms with Gasteiger partial charge in [0, 0.05) is 6.61 Å². The van der Waals surface area contributed by atoms with Crippen molar-refractivity contribution in [1.82, 2.24) is 0 Å². The number of aliphatic carboxylic acids is 2. The Kier molecular flexibility index (Phi) is 2.56. The van der Waals surface area contributed by atoms with Gasteiger partial charge in [-0.2, -0.15) is 0 Å². The van der Waals surface area contributed by atoms with Crippen molar-refractivity contribution in [2.45, 2.75) is 25.4 Å². The van der Waals surface area contributed by atoms with Gasteiger partial charge in [0.2, 0.25) is 0 Å². The first-order chi connectivity index (χ1) is 5.98. The van der Waals surface area contributed by atoms with Gasteiger partial charge in [-0.25, -0.2) is 4.79 Å². The summed E-state index contributed by atoms with van der Waals surface area (Å²) < 4.78 is 5.02. The van der Waals surface area contributed by atoms with Gasteiger partial charge in [-0.05, 0) is 19.8 Å². The summed E-state index contributed by atoms with van der Waals surface area (Å²) in [5.74, 6) is -3.26. The highest BCUT2D eigenvalue weighted by atomic mass is 16.5. The van der Waals surface area contributed by atoms with Crippen LogP contribution in [0.15, 0.2) is 0 Å². The van der Waals surface area contributed by atoms with Gasteiger partial charge in [-0.3, -0.25) is 4.79 Å². The molecule has 1 aliphatic heterocycles. The lowest BCUT2D eigenvalue weighted by atomic mass is 9.83. The molecule has 0 saturated carbocycles. The summed E-state index contributed by atoms with van der Waals surface area (Å²) in [5.41, 5.74) is -1.57. The molecule has 0 aromatic carbocycles. The van der Waals surface area contributed by atoms with Crippen LogP contribution in [0.1, 0.15) is 19.8 Å². The van der Waals surface area contributed by atoms with Crippen molar-refractivity contribution in [3.63, 3.8) is 0 Å². The third kappa shape index (κ3) is 1.65. The molecule has 1 fully saturated rings. The van der Waals surface area contributed by atoms with E-state index in [1.165, 1.54) is 6.92 Å². The molecule has 1 heterocycles. The van der Waals surface area contributed by atoms with Gasteiger partial charge in [0.05, 0.1) is 5.92 Å². The topological polar surface area (TPSA) is 83.8 Å². The SMILES string of the molecule is CC1(C(=O)O)OCCCC1C(=O)O. The van der Waals surface area contributed by atoms with E-state index >= 15 is 0 Å². The van der Waals surface area contributed by atoms with E-state index in [0.717, 1.165) is 0 Å². The Balaban J connectivity index is 2.89. The smallest absolute Gasteiger partial charge is 0.336 e. The van der Waals surface area contributed by atoms with Crippen molar-refractivity contribution in [2.75, 3.05) is 6.61 Å². The highest BCUT2D eigenvalue weighted by Gasteiger charge is 2.48. The van der Waals surface area contributed by atoms with Crippen molar-refractivity contribution in [3.05, 3.63) is 0 Å². The molecule has 0 spiro atoms. The highest BCUT2D eigenvalue weighted by Crippen LogP contribution is 2.31. The highest BCUT2D eigenvalue weighted by molar-refractivity contribution is 5.85. The van der Waals surface area contributed by atoms with Crippen molar-refractivity contribution in [2.24, 2.45) is 5.92 Å². The third-order valence-corrected chi connectivity index (χ3v) is 2.43. The van der Waals surface area contributed by atoms with Crippen LogP contribution < -0.4 is 0 Å². The fourth-order valence-electron chi connectivity index (χ4n) is 1.52. The molecule has 0 amide bonds. The van der Waals surface area contributed by atoms with Crippen molar-refractivity contribution >= 4 is 11.9 Å². The zero-order valence-corrected chi connectivity index (χ0v) is 7.32. The summed E-state index contributed by atoms with van der Waals surface area (Å²) in [7, 11) is 0. The van der Waals surface area contributed by atoms with Gasteiger partial charge >= 0.3 is 11.9 Å². The molecule has 0 radical (unpaired) electrons. The Morgan fingerprint density at radius 3 is 2.46 bits per heavy atom. The summed E-state index contributed by atoms with van der Waals surface area (Å²) >= 11 is 0. The van der Waals surface area contributed by atoms with Crippen LogP contribution in [0, 0.1) is 5.92 Å². The Bertz CT molecular complexity index is 237. The second-order valence-corrected chi connectivity index (χ2v) is 3.29. The van der Waals surface area contributed by atoms with Crippen LogP contribution in [0.3, 0.4) is 0 Å². The van der Waals surface area contributed by atoms with Gasteiger partial charge in [0.15, 0.2) is 5.60 Å². The van der Waals surface area contributed by atoms with Gasteiger partial charge in [-0.1, -0.05) is 0 Å². The lowest BCUT2D eigenvalue weighted by Gasteiger charge is -2.35. The van der Waals surface area contributed by atoms with Crippen LogP contribution in [0.5, 0.6) is 0 Å². The molecule has 1 aliphatic rings. The van der Waals surface area contributed by atoms with E-state index in [4.69, 9.17) is 14.9 Å². The number of carbonyl (C=O) groups is 2. The molecule has 5 heteroatoms. The van der Waals surface area contributed by atoms with E-state index in [-0.39, 0.29) is 0 Å². The normalized spacial score (nSPS) is 34.1.